The van der Waals surface area contributed by atoms with Gasteiger partial charge in [-0.3, -0.25) is 9.69 Å². The Bertz CT molecular complexity index is 1180. The molecule has 1 saturated heterocycles. The number of carbonyl (C=O) groups excluding carboxylic acids is 1. The van der Waals surface area contributed by atoms with Crippen molar-refractivity contribution in [2.24, 2.45) is 4.99 Å². The molecule has 1 aromatic heterocycles. The average Bonchev–Trinajstić information content (AvgIpc) is 3.41. The summed E-state index contributed by atoms with van der Waals surface area (Å²) in [6.45, 7) is 0.945. The molecule has 1 unspecified atom stereocenters. The number of likely N-dealkylation sites (N-methyl/N-ethyl adjacent to an activating group) is 1. The van der Waals surface area contributed by atoms with Crippen LogP contribution in [-0.4, -0.2) is 52.5 Å². The Labute approximate surface area is 201 Å². The number of amides is 1. The van der Waals surface area contributed by atoms with Crippen LogP contribution < -0.4 is 4.74 Å². The SMILES string of the molecule is COc1ccc(C(=CO)C(=O)N2C(=NCc3ccccc3)N(C)CC2c2cnc(Cl)s2)cc1. The molecule has 2 aromatic carbocycles. The monoisotopic (exact) mass is 482 g/mol. The standard InChI is InChI=1S/C24H23ClN4O3S/c1-28-14-20(21-13-26-23(25)33-21)29(24(28)27-12-16-6-4-3-5-7-16)22(31)19(15-30)17-8-10-18(32-2)11-9-17/h3-11,13,15,20,30H,12,14H2,1-2H3. The van der Waals surface area contributed by atoms with Crippen LogP contribution in [0.1, 0.15) is 22.0 Å². The van der Waals surface area contributed by atoms with Gasteiger partial charge in [-0.15, -0.1) is 11.3 Å². The van der Waals surface area contributed by atoms with Gasteiger partial charge < -0.3 is 14.7 Å². The molecule has 170 valence electrons. The molecule has 0 radical (unpaired) electrons. The number of hydrogen-bond acceptors (Lipinski definition) is 6. The van der Waals surface area contributed by atoms with Crippen molar-refractivity contribution in [3.63, 3.8) is 0 Å². The van der Waals surface area contributed by atoms with Crippen molar-refractivity contribution in [1.29, 1.82) is 0 Å². The summed E-state index contributed by atoms with van der Waals surface area (Å²) in [5.74, 6) is 0.811. The number of ether oxygens (including phenoxy) is 1. The van der Waals surface area contributed by atoms with Crippen molar-refractivity contribution in [2.45, 2.75) is 12.6 Å². The van der Waals surface area contributed by atoms with E-state index in [2.05, 4.69) is 4.98 Å². The molecule has 1 amide bonds. The second-order valence-electron chi connectivity index (χ2n) is 7.46. The molecule has 0 spiro atoms. The van der Waals surface area contributed by atoms with Crippen LogP contribution in [0.2, 0.25) is 4.47 Å². The number of rotatable bonds is 6. The number of carbonyl (C=O) groups is 1. The van der Waals surface area contributed by atoms with Crippen molar-refractivity contribution in [2.75, 3.05) is 20.7 Å². The summed E-state index contributed by atoms with van der Waals surface area (Å²) in [6, 6.07) is 16.4. The van der Waals surface area contributed by atoms with Crippen LogP contribution in [0.4, 0.5) is 0 Å². The van der Waals surface area contributed by atoms with Crippen molar-refractivity contribution >= 4 is 40.4 Å². The number of methoxy groups -OCH3 is 1. The average molecular weight is 483 g/mol. The van der Waals surface area contributed by atoms with Gasteiger partial charge in [0.1, 0.15) is 5.75 Å². The third-order valence-corrected chi connectivity index (χ3v) is 6.58. The molecule has 4 rings (SSSR count). The fourth-order valence-electron chi connectivity index (χ4n) is 3.71. The van der Waals surface area contributed by atoms with E-state index in [4.69, 9.17) is 21.3 Å². The number of aliphatic imine (C=N–C) groups is 1. The molecule has 33 heavy (non-hydrogen) atoms. The molecule has 2 heterocycles. The van der Waals surface area contributed by atoms with Gasteiger partial charge in [-0.1, -0.05) is 54.1 Å². The molecular formula is C24H23ClN4O3S. The molecule has 0 aliphatic carbocycles. The first-order chi connectivity index (χ1) is 16.0. The molecule has 0 saturated carbocycles. The first kappa shape index (κ1) is 22.8. The minimum absolute atomic E-state index is 0.154. The van der Waals surface area contributed by atoms with E-state index >= 15 is 0 Å². The summed E-state index contributed by atoms with van der Waals surface area (Å²) in [5, 5.41) is 10.0. The second kappa shape index (κ2) is 10.1. The van der Waals surface area contributed by atoms with Gasteiger partial charge in [0.05, 0.1) is 36.4 Å². The third-order valence-electron chi connectivity index (χ3n) is 5.36. The summed E-state index contributed by atoms with van der Waals surface area (Å²) in [5.41, 5.74) is 1.76. The normalized spacial score (nSPS) is 17.6. The number of hydrogen-bond donors (Lipinski definition) is 1. The highest BCUT2D eigenvalue weighted by molar-refractivity contribution is 7.15. The Morgan fingerprint density at radius 1 is 1.27 bits per heavy atom. The van der Waals surface area contributed by atoms with Crippen LogP contribution in [0.5, 0.6) is 5.75 Å². The van der Waals surface area contributed by atoms with Crippen molar-refractivity contribution < 1.29 is 14.6 Å². The lowest BCUT2D eigenvalue weighted by Crippen LogP contribution is -2.38. The largest absolute Gasteiger partial charge is 0.515 e. The summed E-state index contributed by atoms with van der Waals surface area (Å²) >= 11 is 7.42. The molecule has 0 bridgehead atoms. The van der Waals surface area contributed by atoms with Gasteiger partial charge >= 0.3 is 0 Å². The summed E-state index contributed by atoms with van der Waals surface area (Å²) in [4.78, 5) is 27.1. The first-order valence-electron chi connectivity index (χ1n) is 10.2. The van der Waals surface area contributed by atoms with E-state index in [1.54, 1.807) is 42.5 Å². The van der Waals surface area contributed by atoms with Crippen LogP contribution in [-0.2, 0) is 11.3 Å². The fraction of sp³-hybridized carbons (Fsp3) is 0.208. The zero-order valence-corrected chi connectivity index (χ0v) is 19.8. The van der Waals surface area contributed by atoms with Gasteiger partial charge in [-0.05, 0) is 23.3 Å². The zero-order chi connectivity index (χ0) is 23.4. The molecule has 1 aliphatic rings. The smallest absolute Gasteiger partial charge is 0.264 e. The predicted octanol–water partition coefficient (Wildman–Crippen LogP) is 4.78. The first-order valence-corrected chi connectivity index (χ1v) is 11.4. The Hall–Kier alpha value is -3.36. The Morgan fingerprint density at radius 2 is 2.00 bits per heavy atom. The molecular weight excluding hydrogens is 460 g/mol. The quantitative estimate of drug-likeness (QED) is 0.404. The minimum Gasteiger partial charge on any atom is -0.515 e. The molecule has 3 aromatic rings. The highest BCUT2D eigenvalue weighted by Gasteiger charge is 2.41. The van der Waals surface area contributed by atoms with E-state index in [9.17, 15) is 9.90 Å². The molecule has 1 fully saturated rings. The van der Waals surface area contributed by atoms with Gasteiger partial charge in [0.15, 0.2) is 4.47 Å². The highest BCUT2D eigenvalue weighted by Crippen LogP contribution is 2.36. The highest BCUT2D eigenvalue weighted by atomic mass is 35.5. The summed E-state index contributed by atoms with van der Waals surface area (Å²) < 4.78 is 5.61. The summed E-state index contributed by atoms with van der Waals surface area (Å²) in [6.07, 6.45) is 2.52. The third kappa shape index (κ3) is 4.86. The lowest BCUT2D eigenvalue weighted by Gasteiger charge is -2.24. The topological polar surface area (TPSA) is 78.3 Å². The van der Waals surface area contributed by atoms with Crippen LogP contribution in [0, 0.1) is 0 Å². The van der Waals surface area contributed by atoms with Gasteiger partial charge in [-0.2, -0.15) is 0 Å². The Kier molecular flexibility index (Phi) is 6.96. The second-order valence-corrected chi connectivity index (χ2v) is 9.10. The van der Waals surface area contributed by atoms with E-state index in [0.717, 1.165) is 16.7 Å². The predicted molar refractivity (Wildman–Crippen MR) is 131 cm³/mol. The maximum absolute atomic E-state index is 13.8. The number of thiazole rings is 1. The van der Waals surface area contributed by atoms with E-state index in [0.29, 0.717) is 34.8 Å². The Balaban J connectivity index is 1.72. The lowest BCUT2D eigenvalue weighted by atomic mass is 10.0. The number of aliphatic hydroxyl groups is 1. The van der Waals surface area contributed by atoms with Crippen molar-refractivity contribution in [1.82, 2.24) is 14.8 Å². The number of halogens is 1. The van der Waals surface area contributed by atoms with Gasteiger partial charge in [0, 0.05) is 19.8 Å². The van der Waals surface area contributed by atoms with Gasteiger partial charge in [0.2, 0.25) is 5.96 Å². The Morgan fingerprint density at radius 3 is 2.61 bits per heavy atom. The molecule has 7 nitrogen and oxygen atoms in total. The van der Waals surface area contributed by atoms with Crippen molar-refractivity contribution in [3.8, 4) is 5.75 Å². The molecule has 9 heteroatoms. The van der Waals surface area contributed by atoms with E-state index in [1.807, 2.05) is 42.3 Å². The van der Waals surface area contributed by atoms with Crippen LogP contribution in [0.25, 0.3) is 5.57 Å². The van der Waals surface area contributed by atoms with E-state index < -0.39 is 0 Å². The molecule has 1 atom stereocenters. The van der Waals surface area contributed by atoms with Crippen LogP contribution >= 0.6 is 22.9 Å². The summed E-state index contributed by atoms with van der Waals surface area (Å²) in [7, 11) is 3.46. The molecule has 1 aliphatic heterocycles. The van der Waals surface area contributed by atoms with E-state index in [1.165, 1.54) is 11.3 Å². The molecule has 1 N–H and O–H groups in total. The number of aliphatic hydroxyl groups excluding tert-OH is 1. The fourth-order valence-corrected chi connectivity index (χ4v) is 4.75. The van der Waals surface area contributed by atoms with Crippen LogP contribution in [0.15, 0.2) is 72.0 Å². The number of benzene rings is 2. The van der Waals surface area contributed by atoms with Gasteiger partial charge in [0.25, 0.3) is 5.91 Å². The number of guanidine groups is 1. The lowest BCUT2D eigenvalue weighted by molar-refractivity contribution is -0.122. The number of aromatic nitrogens is 1. The van der Waals surface area contributed by atoms with Crippen molar-refractivity contribution in [3.05, 3.63) is 87.5 Å². The van der Waals surface area contributed by atoms with Gasteiger partial charge in [-0.25, -0.2) is 9.98 Å². The zero-order valence-electron chi connectivity index (χ0n) is 18.2. The maximum atomic E-state index is 13.8. The van der Waals surface area contributed by atoms with Crippen LogP contribution in [0.3, 0.4) is 0 Å². The van der Waals surface area contributed by atoms with E-state index in [-0.39, 0.29) is 17.5 Å². The minimum atomic E-state index is -0.367. The maximum Gasteiger partial charge on any atom is 0.264 e. The number of nitrogens with zero attached hydrogens (tertiary/aromatic N) is 4.